The normalized spacial score (nSPS) is 16.9. The Kier molecular flexibility index (Phi) is 3.49. The molecule has 0 radical (unpaired) electrons. The van der Waals surface area contributed by atoms with Crippen LogP contribution in [-0.4, -0.2) is 37.4 Å². The van der Waals surface area contributed by atoms with E-state index >= 15 is 0 Å². The Morgan fingerprint density at radius 2 is 1.65 bits per heavy atom. The van der Waals surface area contributed by atoms with Crippen LogP contribution < -0.4 is 9.62 Å². The van der Waals surface area contributed by atoms with E-state index in [9.17, 15) is 0 Å². The Balaban J connectivity index is 1.92. The van der Waals surface area contributed by atoms with E-state index in [2.05, 4.69) is 76.4 Å². The molecule has 1 aromatic heterocycles. The average Bonchev–Trinajstić information content (AvgIpc) is 3.00. The van der Waals surface area contributed by atoms with E-state index in [1.807, 2.05) is 12.3 Å². The number of hydrogen-bond acceptors (Lipinski definition) is 3. The van der Waals surface area contributed by atoms with Crippen LogP contribution in [0.5, 0.6) is 0 Å². The minimum atomic E-state index is 0.364. The standard InChI is InChI=1S/C14H20B2N4/c1-15-18(3)16(2)20(14-10-7-11-17-14)12-19(15)13-8-5-4-6-9-13/h4-11,17H,12H2,1-3H3. The molecule has 0 bridgehead atoms. The van der Waals surface area contributed by atoms with Crippen LogP contribution in [0.15, 0.2) is 48.7 Å². The highest BCUT2D eigenvalue weighted by molar-refractivity contribution is 6.76. The van der Waals surface area contributed by atoms with Gasteiger partial charge in [-0.15, -0.1) is 0 Å². The molecule has 0 atom stereocenters. The summed E-state index contributed by atoms with van der Waals surface area (Å²) < 4.78 is 2.39. The zero-order chi connectivity index (χ0) is 14.1. The van der Waals surface area contributed by atoms with Crippen LogP contribution in [0.2, 0.25) is 13.6 Å². The summed E-state index contributed by atoms with van der Waals surface area (Å²) in [7, 11) is 2.18. The van der Waals surface area contributed by atoms with E-state index in [0.717, 1.165) is 12.5 Å². The molecule has 0 saturated carbocycles. The molecule has 1 fully saturated rings. The van der Waals surface area contributed by atoms with Crippen LogP contribution in [0.4, 0.5) is 11.5 Å². The summed E-state index contributed by atoms with van der Waals surface area (Å²) in [6, 6.07) is 14.8. The summed E-state index contributed by atoms with van der Waals surface area (Å²) in [5.74, 6) is 1.16. The Hall–Kier alpha value is -1.81. The van der Waals surface area contributed by atoms with Crippen molar-refractivity contribution in [3.8, 4) is 0 Å². The first kappa shape index (κ1) is 13.2. The number of benzene rings is 1. The van der Waals surface area contributed by atoms with Gasteiger partial charge in [0.1, 0.15) is 0 Å². The molecule has 0 spiro atoms. The van der Waals surface area contributed by atoms with Crippen LogP contribution in [0, 0.1) is 0 Å². The van der Waals surface area contributed by atoms with Crippen LogP contribution >= 0.6 is 0 Å². The molecule has 2 heterocycles. The number of aromatic amines is 1. The van der Waals surface area contributed by atoms with E-state index < -0.39 is 0 Å². The van der Waals surface area contributed by atoms with Gasteiger partial charge in [-0.05, 0) is 31.3 Å². The second kappa shape index (κ2) is 5.29. The number of anilines is 2. The zero-order valence-corrected chi connectivity index (χ0v) is 12.3. The van der Waals surface area contributed by atoms with Crippen molar-refractivity contribution in [3.05, 3.63) is 48.7 Å². The van der Waals surface area contributed by atoms with E-state index in [4.69, 9.17) is 0 Å². The molecule has 1 N–H and O–H groups in total. The predicted octanol–water partition coefficient (Wildman–Crippen LogP) is 2.47. The minimum absolute atomic E-state index is 0.364. The van der Waals surface area contributed by atoms with Crippen LogP contribution in [-0.2, 0) is 0 Å². The summed E-state index contributed by atoms with van der Waals surface area (Å²) >= 11 is 0. The number of rotatable bonds is 2. The van der Waals surface area contributed by atoms with Gasteiger partial charge in [0.2, 0.25) is 0 Å². The monoisotopic (exact) mass is 266 g/mol. The first-order valence-electron chi connectivity index (χ1n) is 7.12. The maximum Gasteiger partial charge on any atom is 0.332 e. The SMILES string of the molecule is CB1N(C)B(C)N(c2ccc[nH]2)CN1c1ccccc1. The smallest absolute Gasteiger partial charge is 0.332 e. The van der Waals surface area contributed by atoms with Crippen LogP contribution in [0.25, 0.3) is 0 Å². The first-order valence-corrected chi connectivity index (χ1v) is 7.12. The fourth-order valence-corrected chi connectivity index (χ4v) is 2.85. The maximum atomic E-state index is 3.32. The number of H-pyrrole nitrogens is 1. The third kappa shape index (κ3) is 2.20. The van der Waals surface area contributed by atoms with Gasteiger partial charge < -0.3 is 19.3 Å². The molecule has 102 valence electrons. The largest absolute Gasteiger partial charge is 0.386 e. The Bertz CT molecular complexity index is 546. The molecule has 2 aromatic rings. The van der Waals surface area contributed by atoms with Crippen molar-refractivity contribution in [2.75, 3.05) is 23.3 Å². The van der Waals surface area contributed by atoms with Gasteiger partial charge in [-0.2, -0.15) is 0 Å². The van der Waals surface area contributed by atoms with E-state index in [0.29, 0.717) is 14.0 Å². The first-order chi connectivity index (χ1) is 9.68. The van der Waals surface area contributed by atoms with Crippen molar-refractivity contribution in [1.82, 2.24) is 9.71 Å². The summed E-state index contributed by atoms with van der Waals surface area (Å²) in [5.41, 5.74) is 1.26. The van der Waals surface area contributed by atoms with Crippen molar-refractivity contribution in [1.29, 1.82) is 0 Å². The molecule has 0 aliphatic carbocycles. The average molecular weight is 266 g/mol. The molecule has 1 aromatic carbocycles. The van der Waals surface area contributed by atoms with Crippen molar-refractivity contribution in [2.24, 2.45) is 0 Å². The molecular formula is C14H20B2N4. The van der Waals surface area contributed by atoms with Gasteiger partial charge in [-0.25, -0.2) is 0 Å². The molecule has 1 aliphatic rings. The Labute approximate surface area is 121 Å². The number of nitrogens with zero attached hydrogens (tertiary/aromatic N) is 3. The van der Waals surface area contributed by atoms with Gasteiger partial charge in [0.15, 0.2) is 0 Å². The summed E-state index contributed by atoms with van der Waals surface area (Å²) in [4.78, 5) is 8.12. The maximum absolute atomic E-state index is 3.32. The summed E-state index contributed by atoms with van der Waals surface area (Å²) in [5, 5.41) is 0. The number of nitrogens with one attached hydrogen (secondary N) is 1. The highest BCUT2D eigenvalue weighted by Crippen LogP contribution is 2.25. The zero-order valence-electron chi connectivity index (χ0n) is 12.3. The third-order valence-electron chi connectivity index (χ3n) is 4.36. The lowest BCUT2D eigenvalue weighted by atomic mass is 9.58. The van der Waals surface area contributed by atoms with Crippen molar-refractivity contribution in [2.45, 2.75) is 13.6 Å². The van der Waals surface area contributed by atoms with Gasteiger partial charge in [-0.3, -0.25) is 0 Å². The summed E-state index contributed by atoms with van der Waals surface area (Å²) in [6.45, 7) is 6.13. The lowest BCUT2D eigenvalue weighted by Gasteiger charge is -2.48. The molecular weight excluding hydrogens is 246 g/mol. The topological polar surface area (TPSA) is 25.5 Å². The van der Waals surface area contributed by atoms with Crippen LogP contribution in [0.3, 0.4) is 0 Å². The van der Waals surface area contributed by atoms with Gasteiger partial charge in [0, 0.05) is 11.9 Å². The van der Waals surface area contributed by atoms with Crippen molar-refractivity contribution < 1.29 is 0 Å². The van der Waals surface area contributed by atoms with Crippen molar-refractivity contribution >= 4 is 25.5 Å². The Morgan fingerprint density at radius 3 is 2.30 bits per heavy atom. The quantitative estimate of drug-likeness (QED) is 0.845. The van der Waals surface area contributed by atoms with E-state index in [1.165, 1.54) is 5.69 Å². The summed E-state index contributed by atoms with van der Waals surface area (Å²) in [6.07, 6.45) is 1.98. The fraction of sp³-hybridized carbons (Fsp3) is 0.286. The second-order valence-corrected chi connectivity index (χ2v) is 5.40. The molecule has 0 amide bonds. The number of hydrogen-bond donors (Lipinski definition) is 1. The predicted molar refractivity (Wildman–Crippen MR) is 88.1 cm³/mol. The van der Waals surface area contributed by atoms with Gasteiger partial charge in [0.25, 0.3) is 0 Å². The fourth-order valence-electron chi connectivity index (χ4n) is 2.85. The van der Waals surface area contributed by atoms with Crippen LogP contribution in [0.1, 0.15) is 0 Å². The van der Waals surface area contributed by atoms with Crippen molar-refractivity contribution in [3.63, 3.8) is 0 Å². The highest BCUT2D eigenvalue weighted by Gasteiger charge is 2.39. The molecule has 1 saturated heterocycles. The highest BCUT2D eigenvalue weighted by atomic mass is 15.4. The lowest BCUT2D eigenvalue weighted by molar-refractivity contribution is 0.720. The molecule has 6 heteroatoms. The molecule has 0 unspecified atom stereocenters. The second-order valence-electron chi connectivity index (χ2n) is 5.40. The van der Waals surface area contributed by atoms with Gasteiger partial charge >= 0.3 is 14.0 Å². The minimum Gasteiger partial charge on any atom is -0.386 e. The van der Waals surface area contributed by atoms with E-state index in [1.54, 1.807) is 0 Å². The van der Waals surface area contributed by atoms with E-state index in [-0.39, 0.29) is 0 Å². The van der Waals surface area contributed by atoms with Gasteiger partial charge in [0.05, 0.1) is 12.5 Å². The molecule has 1 aliphatic heterocycles. The van der Waals surface area contributed by atoms with Gasteiger partial charge in [-0.1, -0.05) is 31.8 Å². The number of aromatic nitrogens is 1. The molecule has 4 nitrogen and oxygen atoms in total. The number of para-hydroxylation sites is 1. The third-order valence-corrected chi connectivity index (χ3v) is 4.36. The Morgan fingerprint density at radius 1 is 0.950 bits per heavy atom. The molecule has 3 rings (SSSR count). The molecule has 20 heavy (non-hydrogen) atoms. The lowest BCUT2D eigenvalue weighted by Crippen LogP contribution is -2.69.